The molecular formula is C27H26F4N6O3S. The number of aryl methyl sites for hydroxylation is 1. The van der Waals surface area contributed by atoms with Crippen LogP contribution in [0.5, 0.6) is 5.75 Å². The molecule has 0 radical (unpaired) electrons. The molecule has 0 bridgehead atoms. The van der Waals surface area contributed by atoms with Gasteiger partial charge in [-0.2, -0.15) is 23.5 Å². The number of hydrogen-bond acceptors (Lipinski definition) is 8. The average Bonchev–Trinajstić information content (AvgIpc) is 3.70. The van der Waals surface area contributed by atoms with E-state index in [0.717, 1.165) is 33.2 Å². The number of oxime groups is 1. The normalized spacial score (nSPS) is 17.7. The van der Waals surface area contributed by atoms with E-state index in [2.05, 4.69) is 10.3 Å². The van der Waals surface area contributed by atoms with Crippen LogP contribution in [0.3, 0.4) is 0 Å². The number of amides is 1. The number of rotatable bonds is 8. The molecule has 0 aliphatic carbocycles. The maximum atomic E-state index is 14.0. The number of aromatic nitrogens is 3. The predicted molar refractivity (Wildman–Crippen MR) is 140 cm³/mol. The SMILES string of the molecule is Cc1cc(C(F)(F)F)nn1CC(=O)N1CCC(c2nc(C3=NOC(CCOc4ccc(C#N)cc4F)C3)cs2)CC1. The minimum absolute atomic E-state index is 0.0760. The van der Waals surface area contributed by atoms with Crippen molar-refractivity contribution in [3.05, 3.63) is 63.1 Å². The van der Waals surface area contributed by atoms with Crippen LogP contribution in [-0.2, 0) is 22.4 Å². The fourth-order valence-corrected chi connectivity index (χ4v) is 5.74. The summed E-state index contributed by atoms with van der Waals surface area (Å²) in [5, 5.41) is 19.4. The highest BCUT2D eigenvalue weighted by Crippen LogP contribution is 2.32. The molecule has 2 aromatic heterocycles. The third-order valence-electron chi connectivity index (χ3n) is 7.06. The molecule has 1 amide bonds. The van der Waals surface area contributed by atoms with Crippen LogP contribution in [0.25, 0.3) is 0 Å². The Labute approximate surface area is 237 Å². The molecule has 3 aromatic rings. The first-order chi connectivity index (χ1) is 19.6. The summed E-state index contributed by atoms with van der Waals surface area (Å²) in [6.45, 7) is 2.45. The highest BCUT2D eigenvalue weighted by Gasteiger charge is 2.35. The van der Waals surface area contributed by atoms with Crippen LogP contribution in [0.2, 0.25) is 0 Å². The van der Waals surface area contributed by atoms with Gasteiger partial charge in [-0.25, -0.2) is 9.37 Å². The molecule has 5 rings (SSSR count). The Morgan fingerprint density at radius 1 is 1.27 bits per heavy atom. The van der Waals surface area contributed by atoms with Gasteiger partial charge in [-0.1, -0.05) is 5.16 Å². The van der Waals surface area contributed by atoms with Crippen LogP contribution in [0.4, 0.5) is 17.6 Å². The molecule has 9 nitrogen and oxygen atoms in total. The summed E-state index contributed by atoms with van der Waals surface area (Å²) >= 11 is 1.52. The van der Waals surface area contributed by atoms with Crippen molar-refractivity contribution in [3.63, 3.8) is 0 Å². The molecule has 2 aliphatic heterocycles. The molecule has 1 aromatic carbocycles. The summed E-state index contributed by atoms with van der Waals surface area (Å²) in [5.41, 5.74) is 0.962. The van der Waals surface area contributed by atoms with Crippen molar-refractivity contribution in [1.82, 2.24) is 19.7 Å². The lowest BCUT2D eigenvalue weighted by atomic mass is 9.97. The highest BCUT2D eigenvalue weighted by atomic mass is 32.1. The van der Waals surface area contributed by atoms with E-state index in [1.807, 2.05) is 11.4 Å². The Morgan fingerprint density at radius 2 is 2.05 bits per heavy atom. The summed E-state index contributed by atoms with van der Waals surface area (Å²) in [7, 11) is 0. The lowest BCUT2D eigenvalue weighted by molar-refractivity contribution is -0.142. The van der Waals surface area contributed by atoms with Gasteiger partial charge in [0.05, 0.1) is 28.9 Å². The molecule has 2 aliphatic rings. The molecule has 0 spiro atoms. The molecule has 41 heavy (non-hydrogen) atoms. The van der Waals surface area contributed by atoms with Crippen molar-refractivity contribution in [1.29, 1.82) is 5.26 Å². The minimum Gasteiger partial charge on any atom is -0.490 e. The van der Waals surface area contributed by atoms with Crippen molar-refractivity contribution in [2.24, 2.45) is 5.16 Å². The summed E-state index contributed by atoms with van der Waals surface area (Å²) in [6, 6.07) is 6.86. The first kappa shape index (κ1) is 28.5. The first-order valence-electron chi connectivity index (χ1n) is 13.0. The van der Waals surface area contributed by atoms with Gasteiger partial charge in [0, 0.05) is 42.9 Å². The fraction of sp³-hybridized carbons (Fsp3) is 0.444. The summed E-state index contributed by atoms with van der Waals surface area (Å²) in [4.78, 5) is 24.7. The summed E-state index contributed by atoms with van der Waals surface area (Å²) in [6.07, 6.45) is -2.36. The van der Waals surface area contributed by atoms with E-state index in [0.29, 0.717) is 38.8 Å². The van der Waals surface area contributed by atoms with Gasteiger partial charge in [0.15, 0.2) is 17.3 Å². The number of alkyl halides is 3. The van der Waals surface area contributed by atoms with Gasteiger partial charge in [0.2, 0.25) is 5.91 Å². The number of hydrogen-bond donors (Lipinski definition) is 0. The fourth-order valence-electron chi connectivity index (χ4n) is 4.74. The van der Waals surface area contributed by atoms with E-state index in [4.69, 9.17) is 19.8 Å². The van der Waals surface area contributed by atoms with Crippen LogP contribution < -0.4 is 4.74 Å². The number of nitrogens with zero attached hydrogens (tertiary/aromatic N) is 6. The van der Waals surface area contributed by atoms with Crippen molar-refractivity contribution in [2.45, 2.75) is 57.3 Å². The monoisotopic (exact) mass is 590 g/mol. The zero-order valence-electron chi connectivity index (χ0n) is 22.0. The Morgan fingerprint density at radius 3 is 2.73 bits per heavy atom. The summed E-state index contributed by atoms with van der Waals surface area (Å²) < 4.78 is 59.3. The quantitative estimate of drug-likeness (QED) is 0.340. The number of thiazole rings is 1. The smallest absolute Gasteiger partial charge is 0.435 e. The van der Waals surface area contributed by atoms with Crippen LogP contribution in [0, 0.1) is 24.1 Å². The number of halogens is 4. The van der Waals surface area contributed by atoms with Crippen LogP contribution in [0.1, 0.15) is 59.3 Å². The van der Waals surface area contributed by atoms with Crippen molar-refractivity contribution < 1.29 is 31.9 Å². The number of carbonyl (C=O) groups is 1. The lowest BCUT2D eigenvalue weighted by Gasteiger charge is -2.31. The zero-order valence-corrected chi connectivity index (χ0v) is 22.8. The summed E-state index contributed by atoms with van der Waals surface area (Å²) in [5.74, 6) is -0.619. The van der Waals surface area contributed by atoms with Gasteiger partial charge >= 0.3 is 6.18 Å². The number of nitriles is 1. The molecule has 14 heteroatoms. The average molecular weight is 591 g/mol. The topological polar surface area (TPSA) is 106 Å². The Bertz CT molecular complexity index is 1490. The Kier molecular flexibility index (Phi) is 8.25. The number of benzene rings is 1. The third-order valence-corrected chi connectivity index (χ3v) is 8.07. The van der Waals surface area contributed by atoms with Gasteiger partial charge in [-0.05, 0) is 44.0 Å². The Balaban J connectivity index is 1.07. The van der Waals surface area contributed by atoms with Crippen LogP contribution in [-0.4, -0.2) is 57.1 Å². The minimum atomic E-state index is -4.55. The maximum absolute atomic E-state index is 14.0. The highest BCUT2D eigenvalue weighted by molar-refractivity contribution is 7.10. The zero-order chi connectivity index (χ0) is 29.1. The molecule has 1 unspecified atom stereocenters. The second kappa shape index (κ2) is 11.9. The number of piperidine rings is 1. The molecule has 0 saturated carbocycles. The predicted octanol–water partition coefficient (Wildman–Crippen LogP) is 5.05. The lowest BCUT2D eigenvalue weighted by Crippen LogP contribution is -2.40. The second-order valence-corrected chi connectivity index (χ2v) is 10.8. The van der Waals surface area contributed by atoms with Crippen molar-refractivity contribution in [2.75, 3.05) is 19.7 Å². The van der Waals surface area contributed by atoms with E-state index in [-0.39, 0.29) is 48.1 Å². The molecule has 1 fully saturated rings. The van der Waals surface area contributed by atoms with E-state index < -0.39 is 17.7 Å². The van der Waals surface area contributed by atoms with Gasteiger partial charge in [-0.15, -0.1) is 11.3 Å². The molecule has 0 N–H and O–H groups in total. The molecule has 1 saturated heterocycles. The molecular weight excluding hydrogens is 564 g/mol. The molecule has 4 heterocycles. The standard InChI is InChI=1S/C27H26F4N6O3S/c1-16-10-24(27(29,30)31)34-37(16)14-25(38)36-7-4-18(5-8-36)26-33-22(15-41-26)21-12-19(40-35-21)6-9-39-23-3-2-17(13-32)11-20(23)28/h2-3,10-11,15,18-19H,4-9,12,14H2,1H3. The number of ether oxygens (including phenoxy) is 1. The van der Waals surface area contributed by atoms with E-state index in [9.17, 15) is 22.4 Å². The van der Waals surface area contributed by atoms with Gasteiger partial charge in [-0.3, -0.25) is 9.48 Å². The number of carbonyl (C=O) groups excluding carboxylic acids is 1. The van der Waals surface area contributed by atoms with Crippen molar-refractivity contribution in [3.8, 4) is 11.8 Å². The van der Waals surface area contributed by atoms with Crippen LogP contribution >= 0.6 is 11.3 Å². The molecule has 1 atom stereocenters. The maximum Gasteiger partial charge on any atom is 0.435 e. The molecule has 216 valence electrons. The second-order valence-electron chi connectivity index (χ2n) is 9.92. The van der Waals surface area contributed by atoms with Gasteiger partial charge in [0.25, 0.3) is 0 Å². The van der Waals surface area contributed by atoms with Gasteiger partial charge in [0.1, 0.15) is 18.4 Å². The van der Waals surface area contributed by atoms with Crippen LogP contribution in [0.15, 0.2) is 34.8 Å². The number of likely N-dealkylation sites (tertiary alicyclic amines) is 1. The van der Waals surface area contributed by atoms with E-state index >= 15 is 0 Å². The van der Waals surface area contributed by atoms with Gasteiger partial charge < -0.3 is 14.5 Å². The first-order valence-corrected chi connectivity index (χ1v) is 13.9. The van der Waals surface area contributed by atoms with E-state index in [1.54, 1.807) is 4.90 Å². The third kappa shape index (κ3) is 6.67. The Hall–Kier alpha value is -3.99. The van der Waals surface area contributed by atoms with E-state index in [1.165, 1.54) is 30.4 Å². The largest absolute Gasteiger partial charge is 0.490 e. The van der Waals surface area contributed by atoms with Crippen molar-refractivity contribution >= 4 is 23.0 Å².